The molecule has 0 unspecified atom stereocenters. The molecular formula is C11H7BrO2S. The first-order chi connectivity index (χ1) is 7.29. The van der Waals surface area contributed by atoms with E-state index in [2.05, 4.69) is 15.9 Å². The number of furan rings is 1. The van der Waals surface area contributed by atoms with Crippen LogP contribution in [-0.2, 0) is 0 Å². The quantitative estimate of drug-likeness (QED) is 0.797. The molecule has 2 nitrogen and oxygen atoms in total. The van der Waals surface area contributed by atoms with Gasteiger partial charge >= 0.3 is 0 Å². The predicted octanol–water partition coefficient (Wildman–Crippen LogP) is 4.01. The highest BCUT2D eigenvalue weighted by Gasteiger charge is 2.05. The molecule has 0 aliphatic carbocycles. The fraction of sp³-hybridized carbons (Fsp3) is 0. The average molecular weight is 283 g/mol. The zero-order valence-electron chi connectivity index (χ0n) is 7.64. The van der Waals surface area contributed by atoms with Gasteiger partial charge in [0.05, 0.1) is 0 Å². The molecular weight excluding hydrogens is 276 g/mol. The molecule has 2 aromatic rings. The van der Waals surface area contributed by atoms with E-state index in [1.165, 1.54) is 11.8 Å². The molecule has 0 fully saturated rings. The lowest BCUT2D eigenvalue weighted by molar-refractivity contribution is 0.109. The second-order valence-corrected chi connectivity index (χ2v) is 4.71. The van der Waals surface area contributed by atoms with E-state index in [4.69, 9.17) is 4.42 Å². The smallest absolute Gasteiger partial charge is 0.185 e. The number of benzene rings is 1. The number of hydrogen-bond acceptors (Lipinski definition) is 3. The van der Waals surface area contributed by atoms with Gasteiger partial charge in [-0.3, -0.25) is 4.79 Å². The summed E-state index contributed by atoms with van der Waals surface area (Å²) in [6.45, 7) is 0. The first-order valence-electron chi connectivity index (χ1n) is 4.27. The zero-order valence-corrected chi connectivity index (χ0v) is 10.0. The summed E-state index contributed by atoms with van der Waals surface area (Å²) in [6.07, 6.45) is 0.699. The van der Waals surface area contributed by atoms with Crippen LogP contribution < -0.4 is 0 Å². The summed E-state index contributed by atoms with van der Waals surface area (Å²) in [4.78, 5) is 11.5. The Labute approximate surface area is 99.8 Å². The van der Waals surface area contributed by atoms with Crippen LogP contribution in [0.25, 0.3) is 0 Å². The van der Waals surface area contributed by atoms with Gasteiger partial charge in [0.2, 0.25) is 0 Å². The summed E-state index contributed by atoms with van der Waals surface area (Å²) in [5.41, 5.74) is 0. The minimum atomic E-state index is 0.351. The topological polar surface area (TPSA) is 30.2 Å². The van der Waals surface area contributed by atoms with Crippen LogP contribution in [0.5, 0.6) is 0 Å². The number of carbonyl (C=O) groups is 1. The molecule has 2 rings (SSSR count). The molecule has 0 spiro atoms. The van der Waals surface area contributed by atoms with Gasteiger partial charge in [0.15, 0.2) is 17.1 Å². The minimum absolute atomic E-state index is 0.351. The largest absolute Gasteiger partial charge is 0.447 e. The summed E-state index contributed by atoms with van der Waals surface area (Å²) in [6, 6.07) is 11.3. The average Bonchev–Trinajstić information content (AvgIpc) is 2.69. The highest BCUT2D eigenvalue weighted by molar-refractivity contribution is 9.10. The number of halogens is 1. The lowest BCUT2D eigenvalue weighted by Gasteiger charge is -1.99. The Morgan fingerprint density at radius 2 is 2.00 bits per heavy atom. The van der Waals surface area contributed by atoms with Crippen LogP contribution in [0.1, 0.15) is 10.6 Å². The van der Waals surface area contributed by atoms with E-state index in [0.717, 1.165) is 9.37 Å². The summed E-state index contributed by atoms with van der Waals surface area (Å²) >= 11 is 4.92. The predicted molar refractivity (Wildman–Crippen MR) is 62.4 cm³/mol. The first-order valence-corrected chi connectivity index (χ1v) is 5.88. The van der Waals surface area contributed by atoms with Gasteiger partial charge in [-0.05, 0) is 40.2 Å². The van der Waals surface area contributed by atoms with Crippen molar-refractivity contribution in [1.82, 2.24) is 0 Å². The molecule has 0 aliphatic heterocycles. The Balaban J connectivity index is 2.22. The monoisotopic (exact) mass is 282 g/mol. The van der Waals surface area contributed by atoms with Crippen molar-refractivity contribution in [3.63, 3.8) is 0 Å². The maximum absolute atomic E-state index is 10.4. The van der Waals surface area contributed by atoms with Gasteiger partial charge in [-0.25, -0.2) is 0 Å². The van der Waals surface area contributed by atoms with Crippen molar-refractivity contribution in [1.29, 1.82) is 0 Å². The van der Waals surface area contributed by atoms with E-state index in [1.807, 2.05) is 24.3 Å². The second-order valence-electron chi connectivity index (χ2n) is 2.81. The number of carbonyl (C=O) groups excluding carboxylic acids is 1. The Kier molecular flexibility index (Phi) is 3.28. The van der Waals surface area contributed by atoms with Gasteiger partial charge in [0.25, 0.3) is 0 Å². The van der Waals surface area contributed by atoms with Gasteiger partial charge in [0, 0.05) is 9.37 Å². The zero-order chi connectivity index (χ0) is 10.7. The van der Waals surface area contributed by atoms with Crippen molar-refractivity contribution in [3.05, 3.63) is 46.6 Å². The SMILES string of the molecule is O=Cc1ccc(Sc2ccccc2Br)o1. The number of aldehydes is 1. The van der Waals surface area contributed by atoms with Crippen molar-refractivity contribution in [3.8, 4) is 0 Å². The van der Waals surface area contributed by atoms with Gasteiger partial charge in [-0.1, -0.05) is 23.9 Å². The third-order valence-corrected chi connectivity index (χ3v) is 3.72. The van der Waals surface area contributed by atoms with Crippen molar-refractivity contribution in [2.45, 2.75) is 9.99 Å². The highest BCUT2D eigenvalue weighted by Crippen LogP contribution is 2.33. The summed E-state index contributed by atoms with van der Waals surface area (Å²) < 4.78 is 6.28. The van der Waals surface area contributed by atoms with Gasteiger partial charge in [-0.15, -0.1) is 0 Å². The molecule has 4 heteroatoms. The van der Waals surface area contributed by atoms with Crippen molar-refractivity contribution in [2.75, 3.05) is 0 Å². The normalized spacial score (nSPS) is 10.2. The minimum Gasteiger partial charge on any atom is -0.447 e. The van der Waals surface area contributed by atoms with Crippen molar-refractivity contribution >= 4 is 34.0 Å². The summed E-state index contributed by atoms with van der Waals surface area (Å²) in [7, 11) is 0. The molecule has 0 aliphatic rings. The van der Waals surface area contributed by atoms with Gasteiger partial charge in [-0.2, -0.15) is 0 Å². The van der Waals surface area contributed by atoms with E-state index < -0.39 is 0 Å². The highest BCUT2D eigenvalue weighted by atomic mass is 79.9. The van der Waals surface area contributed by atoms with Crippen molar-refractivity contribution in [2.24, 2.45) is 0 Å². The molecule has 0 bridgehead atoms. The lowest BCUT2D eigenvalue weighted by Crippen LogP contribution is -1.73. The van der Waals surface area contributed by atoms with E-state index in [0.29, 0.717) is 17.1 Å². The van der Waals surface area contributed by atoms with E-state index in [1.54, 1.807) is 12.1 Å². The van der Waals surface area contributed by atoms with Crippen LogP contribution in [0, 0.1) is 0 Å². The van der Waals surface area contributed by atoms with Crippen LogP contribution in [0.2, 0.25) is 0 Å². The fourth-order valence-electron chi connectivity index (χ4n) is 1.09. The number of hydrogen-bond donors (Lipinski definition) is 0. The Bertz CT molecular complexity index is 479. The number of rotatable bonds is 3. The van der Waals surface area contributed by atoms with E-state index in [9.17, 15) is 4.79 Å². The third-order valence-electron chi connectivity index (χ3n) is 1.77. The Morgan fingerprint density at radius 1 is 1.20 bits per heavy atom. The standard InChI is InChI=1S/C11H7BrO2S/c12-9-3-1-2-4-10(9)15-11-6-5-8(7-13)14-11/h1-7H. The van der Waals surface area contributed by atoms with Gasteiger partial charge in [0.1, 0.15) is 0 Å². The molecule has 1 aromatic carbocycles. The first kappa shape index (κ1) is 10.5. The Hall–Kier alpha value is -1.000. The lowest BCUT2D eigenvalue weighted by atomic mass is 10.4. The van der Waals surface area contributed by atoms with Gasteiger partial charge < -0.3 is 4.42 Å². The maximum atomic E-state index is 10.4. The molecule has 0 radical (unpaired) electrons. The van der Waals surface area contributed by atoms with Crippen LogP contribution in [0.3, 0.4) is 0 Å². The molecule has 0 saturated heterocycles. The van der Waals surface area contributed by atoms with Crippen LogP contribution >= 0.6 is 27.7 Å². The fourth-order valence-corrected chi connectivity index (χ4v) is 2.42. The molecule has 76 valence electrons. The Morgan fingerprint density at radius 3 is 2.67 bits per heavy atom. The maximum Gasteiger partial charge on any atom is 0.185 e. The molecule has 0 saturated carbocycles. The molecule has 0 N–H and O–H groups in total. The second kappa shape index (κ2) is 4.68. The van der Waals surface area contributed by atoms with Crippen LogP contribution in [-0.4, -0.2) is 6.29 Å². The molecule has 1 aromatic heterocycles. The third kappa shape index (κ3) is 2.52. The summed E-state index contributed by atoms with van der Waals surface area (Å²) in [5, 5.41) is 0.712. The van der Waals surface area contributed by atoms with Crippen molar-refractivity contribution < 1.29 is 9.21 Å². The molecule has 1 heterocycles. The molecule has 0 amide bonds. The summed E-state index contributed by atoms with van der Waals surface area (Å²) in [5.74, 6) is 0.351. The molecule has 15 heavy (non-hydrogen) atoms. The van der Waals surface area contributed by atoms with Crippen LogP contribution in [0.4, 0.5) is 0 Å². The van der Waals surface area contributed by atoms with E-state index in [-0.39, 0.29) is 0 Å². The molecule has 0 atom stereocenters. The van der Waals surface area contributed by atoms with Crippen LogP contribution in [0.15, 0.2) is 55.3 Å². The van der Waals surface area contributed by atoms with E-state index >= 15 is 0 Å².